The Morgan fingerprint density at radius 2 is 2.00 bits per heavy atom. The molecule has 1 aliphatic rings. The zero-order chi connectivity index (χ0) is 9.10. The van der Waals surface area contributed by atoms with Gasteiger partial charge in [0.2, 0.25) is 0 Å². The van der Waals surface area contributed by atoms with Gasteiger partial charge in [-0.25, -0.2) is 0 Å². The molecule has 0 amide bonds. The van der Waals surface area contributed by atoms with E-state index >= 15 is 0 Å². The Kier molecular flexibility index (Phi) is 3.06. The summed E-state index contributed by atoms with van der Waals surface area (Å²) in [4.78, 5) is 0. The monoisotopic (exact) mass is 214 g/mol. The molecule has 13 heavy (non-hydrogen) atoms. The molecule has 70 valence electrons. The number of halogens is 1. The predicted octanol–water partition coefficient (Wildman–Crippen LogP) is 2.74. The van der Waals surface area contributed by atoms with Gasteiger partial charge in [0.25, 0.3) is 0 Å². The number of hydrogen-bond acceptors (Lipinski definition) is 3. The molecule has 0 saturated carbocycles. The third-order valence-electron chi connectivity index (χ3n) is 2.29. The lowest BCUT2D eigenvalue weighted by molar-refractivity contribution is 0.609. The number of hydrogen-bond donors (Lipinski definition) is 0. The summed E-state index contributed by atoms with van der Waals surface area (Å²) < 4.78 is 0. The van der Waals surface area contributed by atoms with Gasteiger partial charge < -0.3 is 0 Å². The minimum atomic E-state index is 0.480. The molecule has 0 unspecified atom stereocenters. The first-order valence-electron chi connectivity index (χ1n) is 4.43. The van der Waals surface area contributed by atoms with Crippen LogP contribution in [0.1, 0.15) is 24.5 Å². The molecule has 0 bridgehead atoms. The third-order valence-corrected chi connectivity index (χ3v) is 3.54. The standard InChI is InChI=1S/C9H11ClN2S/c10-9-2-1-8(11-12-9)7-3-5-13-6-4-7/h1-2,7H,3-6H2. The molecule has 0 radical (unpaired) electrons. The summed E-state index contributed by atoms with van der Waals surface area (Å²) in [5, 5.41) is 8.45. The van der Waals surface area contributed by atoms with E-state index in [1.807, 2.05) is 23.9 Å². The quantitative estimate of drug-likeness (QED) is 0.719. The van der Waals surface area contributed by atoms with E-state index in [2.05, 4.69) is 10.2 Å². The molecule has 2 heterocycles. The fourth-order valence-corrected chi connectivity index (χ4v) is 2.74. The second-order valence-electron chi connectivity index (χ2n) is 3.17. The highest BCUT2D eigenvalue weighted by Gasteiger charge is 2.16. The fraction of sp³-hybridized carbons (Fsp3) is 0.556. The molecule has 0 spiro atoms. The summed E-state index contributed by atoms with van der Waals surface area (Å²) in [6, 6.07) is 3.82. The van der Waals surface area contributed by atoms with E-state index in [9.17, 15) is 0 Å². The molecule has 1 aromatic rings. The molecule has 1 aromatic heterocycles. The Hall–Kier alpha value is -0.280. The van der Waals surface area contributed by atoms with Crippen molar-refractivity contribution in [2.45, 2.75) is 18.8 Å². The van der Waals surface area contributed by atoms with Gasteiger partial charge in [0.15, 0.2) is 5.15 Å². The van der Waals surface area contributed by atoms with Gasteiger partial charge in [-0.05, 0) is 36.5 Å². The second-order valence-corrected chi connectivity index (χ2v) is 4.78. The Morgan fingerprint density at radius 1 is 1.23 bits per heavy atom. The maximum Gasteiger partial charge on any atom is 0.151 e. The molecule has 0 aliphatic carbocycles. The summed E-state index contributed by atoms with van der Waals surface area (Å²) >= 11 is 7.70. The van der Waals surface area contributed by atoms with Crippen LogP contribution in [0.3, 0.4) is 0 Å². The lowest BCUT2D eigenvalue weighted by atomic mass is 9.99. The molecule has 0 atom stereocenters. The van der Waals surface area contributed by atoms with Gasteiger partial charge in [0.05, 0.1) is 5.69 Å². The number of aromatic nitrogens is 2. The molecular weight excluding hydrogens is 204 g/mol. The van der Waals surface area contributed by atoms with Crippen LogP contribution in [0.4, 0.5) is 0 Å². The molecule has 4 heteroatoms. The predicted molar refractivity (Wildman–Crippen MR) is 56.3 cm³/mol. The van der Waals surface area contributed by atoms with Crippen molar-refractivity contribution in [1.82, 2.24) is 10.2 Å². The van der Waals surface area contributed by atoms with Crippen molar-refractivity contribution >= 4 is 23.4 Å². The first-order valence-corrected chi connectivity index (χ1v) is 5.96. The normalized spacial score (nSPS) is 18.8. The molecule has 0 N–H and O–H groups in total. The number of nitrogens with zero attached hydrogens (tertiary/aromatic N) is 2. The van der Waals surface area contributed by atoms with Gasteiger partial charge in [0, 0.05) is 5.92 Å². The van der Waals surface area contributed by atoms with E-state index < -0.39 is 0 Å². The highest BCUT2D eigenvalue weighted by atomic mass is 35.5. The van der Waals surface area contributed by atoms with Crippen molar-refractivity contribution in [1.29, 1.82) is 0 Å². The first-order chi connectivity index (χ1) is 6.36. The van der Waals surface area contributed by atoms with E-state index in [-0.39, 0.29) is 0 Å². The average molecular weight is 215 g/mol. The highest BCUT2D eigenvalue weighted by molar-refractivity contribution is 7.99. The van der Waals surface area contributed by atoms with Crippen LogP contribution in [0.15, 0.2) is 12.1 Å². The van der Waals surface area contributed by atoms with Gasteiger partial charge in [-0.1, -0.05) is 11.6 Å². The smallest absolute Gasteiger partial charge is 0.151 e. The lowest BCUT2D eigenvalue weighted by Gasteiger charge is -2.19. The van der Waals surface area contributed by atoms with Crippen LogP contribution >= 0.6 is 23.4 Å². The van der Waals surface area contributed by atoms with Crippen molar-refractivity contribution in [3.8, 4) is 0 Å². The van der Waals surface area contributed by atoms with Crippen LogP contribution in [0.5, 0.6) is 0 Å². The summed E-state index contributed by atoms with van der Waals surface area (Å²) in [7, 11) is 0. The molecular formula is C9H11ClN2S. The molecule has 2 rings (SSSR count). The maximum absolute atomic E-state index is 5.67. The SMILES string of the molecule is Clc1ccc(C2CCSCC2)nn1. The van der Waals surface area contributed by atoms with Gasteiger partial charge >= 0.3 is 0 Å². The molecule has 1 fully saturated rings. The van der Waals surface area contributed by atoms with Crippen LogP contribution < -0.4 is 0 Å². The first kappa shape index (κ1) is 9.28. The van der Waals surface area contributed by atoms with Crippen LogP contribution in [0.25, 0.3) is 0 Å². The van der Waals surface area contributed by atoms with Gasteiger partial charge in [-0.15, -0.1) is 5.10 Å². The summed E-state index contributed by atoms with van der Waals surface area (Å²) in [6.45, 7) is 0. The topological polar surface area (TPSA) is 25.8 Å². The molecule has 1 aliphatic heterocycles. The molecule has 0 aromatic carbocycles. The minimum absolute atomic E-state index is 0.480. The minimum Gasteiger partial charge on any atom is -0.162 e. The maximum atomic E-state index is 5.67. The van der Waals surface area contributed by atoms with Crippen molar-refractivity contribution in [2.75, 3.05) is 11.5 Å². The summed E-state index contributed by atoms with van der Waals surface area (Å²) in [5.74, 6) is 3.09. The third kappa shape index (κ3) is 2.35. The van der Waals surface area contributed by atoms with Crippen molar-refractivity contribution in [3.05, 3.63) is 23.0 Å². The largest absolute Gasteiger partial charge is 0.162 e. The Morgan fingerprint density at radius 3 is 2.62 bits per heavy atom. The van der Waals surface area contributed by atoms with Gasteiger partial charge in [0.1, 0.15) is 0 Å². The summed E-state index contributed by atoms with van der Waals surface area (Å²) in [6.07, 6.45) is 2.45. The van der Waals surface area contributed by atoms with E-state index in [1.54, 1.807) is 0 Å². The van der Waals surface area contributed by atoms with Crippen molar-refractivity contribution in [3.63, 3.8) is 0 Å². The van der Waals surface area contributed by atoms with Gasteiger partial charge in [-0.2, -0.15) is 16.9 Å². The van der Waals surface area contributed by atoms with Crippen molar-refractivity contribution in [2.24, 2.45) is 0 Å². The van der Waals surface area contributed by atoms with Crippen LogP contribution in [-0.4, -0.2) is 21.7 Å². The summed E-state index contributed by atoms with van der Waals surface area (Å²) in [5.41, 5.74) is 1.10. The molecule has 1 saturated heterocycles. The van der Waals surface area contributed by atoms with E-state index in [4.69, 9.17) is 11.6 Å². The van der Waals surface area contributed by atoms with E-state index in [0.29, 0.717) is 11.1 Å². The van der Waals surface area contributed by atoms with Crippen LogP contribution in [0, 0.1) is 0 Å². The number of rotatable bonds is 1. The van der Waals surface area contributed by atoms with E-state index in [1.165, 1.54) is 24.3 Å². The zero-order valence-corrected chi connectivity index (χ0v) is 8.81. The Labute approximate surface area is 87.1 Å². The number of thioether (sulfide) groups is 1. The van der Waals surface area contributed by atoms with Crippen molar-refractivity contribution < 1.29 is 0 Å². The second kappa shape index (κ2) is 4.29. The zero-order valence-electron chi connectivity index (χ0n) is 7.24. The Balaban J connectivity index is 2.10. The molecule has 2 nitrogen and oxygen atoms in total. The van der Waals surface area contributed by atoms with Crippen LogP contribution in [-0.2, 0) is 0 Å². The van der Waals surface area contributed by atoms with E-state index in [0.717, 1.165) is 5.69 Å². The highest BCUT2D eigenvalue weighted by Crippen LogP contribution is 2.30. The van der Waals surface area contributed by atoms with Crippen LogP contribution in [0.2, 0.25) is 5.15 Å². The fourth-order valence-electron chi connectivity index (χ4n) is 1.54. The lowest BCUT2D eigenvalue weighted by Crippen LogP contribution is -2.09. The van der Waals surface area contributed by atoms with Gasteiger partial charge in [-0.3, -0.25) is 0 Å². The average Bonchev–Trinajstić information content (AvgIpc) is 2.20. The Bertz CT molecular complexity index is 269.